The van der Waals surface area contributed by atoms with Gasteiger partial charge in [0.15, 0.2) is 0 Å². The molecule has 0 aliphatic heterocycles. The van der Waals surface area contributed by atoms with Crippen molar-refractivity contribution in [3.05, 3.63) is 52.8 Å². The maximum Gasteiger partial charge on any atom is 0.348 e. The predicted octanol–water partition coefficient (Wildman–Crippen LogP) is 3.46. The lowest BCUT2D eigenvalue weighted by atomic mass is 10.1. The van der Waals surface area contributed by atoms with Gasteiger partial charge in [-0.1, -0.05) is 12.7 Å². The number of carbonyl (C=O) groups excluding carboxylic acids is 3. The monoisotopic (exact) mass is 420 g/mol. The summed E-state index contributed by atoms with van der Waals surface area (Å²) in [6, 6.07) is 3.40. The summed E-state index contributed by atoms with van der Waals surface area (Å²) in [5, 5.41) is 5.95. The van der Waals surface area contributed by atoms with Gasteiger partial charge in [-0.05, 0) is 38.5 Å². The van der Waals surface area contributed by atoms with Crippen LogP contribution in [0.3, 0.4) is 0 Å². The van der Waals surface area contributed by atoms with Gasteiger partial charge in [0.1, 0.15) is 22.2 Å². The van der Waals surface area contributed by atoms with Crippen LogP contribution in [0.25, 0.3) is 0 Å². The molecule has 2 heterocycles. The third kappa shape index (κ3) is 5.78. The van der Waals surface area contributed by atoms with Crippen LogP contribution in [0.15, 0.2) is 35.5 Å². The van der Waals surface area contributed by atoms with Crippen molar-refractivity contribution in [1.82, 2.24) is 5.32 Å². The molecule has 0 saturated carbocycles. The van der Waals surface area contributed by atoms with Gasteiger partial charge in [-0.2, -0.15) is 0 Å². The summed E-state index contributed by atoms with van der Waals surface area (Å²) in [4.78, 5) is 37.3. The smallest absolute Gasteiger partial charge is 0.348 e. The Morgan fingerprint density at radius 3 is 2.69 bits per heavy atom. The van der Waals surface area contributed by atoms with Crippen molar-refractivity contribution >= 4 is 34.2 Å². The van der Waals surface area contributed by atoms with Crippen LogP contribution >= 0.6 is 11.3 Å². The first-order valence-corrected chi connectivity index (χ1v) is 9.85. The predicted molar refractivity (Wildman–Crippen MR) is 109 cm³/mol. The summed E-state index contributed by atoms with van der Waals surface area (Å²) in [5.74, 6) is -0.885. The Kier molecular flexibility index (Phi) is 8.17. The van der Waals surface area contributed by atoms with Gasteiger partial charge in [0.05, 0.1) is 31.0 Å². The van der Waals surface area contributed by atoms with E-state index in [4.69, 9.17) is 13.9 Å². The van der Waals surface area contributed by atoms with Gasteiger partial charge in [-0.25, -0.2) is 9.59 Å². The van der Waals surface area contributed by atoms with Crippen molar-refractivity contribution in [2.24, 2.45) is 0 Å². The van der Waals surface area contributed by atoms with E-state index in [0.29, 0.717) is 11.3 Å². The van der Waals surface area contributed by atoms with Crippen molar-refractivity contribution in [3.8, 4) is 0 Å². The fourth-order valence-corrected chi connectivity index (χ4v) is 3.61. The molecule has 2 rings (SSSR count). The number of amides is 1. The van der Waals surface area contributed by atoms with E-state index >= 15 is 0 Å². The molecule has 2 aromatic heterocycles. The van der Waals surface area contributed by atoms with Gasteiger partial charge in [0, 0.05) is 0 Å². The molecule has 1 amide bonds. The second kappa shape index (κ2) is 10.6. The number of hydrogen-bond donors (Lipinski definition) is 2. The Balaban J connectivity index is 2.16. The molecule has 9 heteroatoms. The van der Waals surface area contributed by atoms with E-state index in [2.05, 4.69) is 17.2 Å². The highest BCUT2D eigenvalue weighted by atomic mass is 32.1. The molecule has 1 atom stereocenters. The van der Waals surface area contributed by atoms with Crippen LogP contribution in [-0.4, -0.2) is 37.6 Å². The highest BCUT2D eigenvalue weighted by Crippen LogP contribution is 2.34. The van der Waals surface area contributed by atoms with E-state index in [9.17, 15) is 14.4 Å². The minimum absolute atomic E-state index is 0.0165. The number of ether oxygens (including phenoxy) is 2. The number of nitrogens with one attached hydrogen (secondary N) is 2. The fraction of sp³-hybridized carbons (Fsp3) is 0.350. The van der Waals surface area contributed by atoms with Gasteiger partial charge in [-0.15, -0.1) is 11.3 Å². The molecule has 2 aromatic rings. The molecule has 0 bridgehead atoms. The molecule has 0 spiro atoms. The molecule has 8 nitrogen and oxygen atoms in total. The number of carbonyl (C=O) groups is 3. The molecule has 0 saturated heterocycles. The zero-order valence-corrected chi connectivity index (χ0v) is 17.4. The Bertz CT molecular complexity index is 872. The van der Waals surface area contributed by atoms with E-state index < -0.39 is 11.9 Å². The summed E-state index contributed by atoms with van der Waals surface area (Å²) in [5.41, 5.74) is 0.546. The van der Waals surface area contributed by atoms with Crippen molar-refractivity contribution in [2.45, 2.75) is 26.8 Å². The van der Waals surface area contributed by atoms with Crippen LogP contribution in [0.1, 0.15) is 51.2 Å². The van der Waals surface area contributed by atoms with Crippen LogP contribution in [0.2, 0.25) is 0 Å². The van der Waals surface area contributed by atoms with Crippen molar-refractivity contribution in [1.29, 1.82) is 0 Å². The number of furan rings is 1. The Morgan fingerprint density at radius 1 is 1.31 bits per heavy atom. The Labute approximate surface area is 172 Å². The Morgan fingerprint density at radius 2 is 2.07 bits per heavy atom. The second-order valence-corrected chi connectivity index (χ2v) is 7.05. The minimum Gasteiger partial charge on any atom is -0.468 e. The molecular weight excluding hydrogens is 396 g/mol. The van der Waals surface area contributed by atoms with E-state index in [1.54, 1.807) is 32.2 Å². The van der Waals surface area contributed by atoms with Crippen molar-refractivity contribution < 1.29 is 28.3 Å². The van der Waals surface area contributed by atoms with Gasteiger partial charge in [0.25, 0.3) is 0 Å². The summed E-state index contributed by atoms with van der Waals surface area (Å²) in [6.45, 7) is 8.84. The lowest BCUT2D eigenvalue weighted by Crippen LogP contribution is -2.30. The summed E-state index contributed by atoms with van der Waals surface area (Å²) in [6.07, 6.45) is 3.00. The zero-order chi connectivity index (χ0) is 21.4. The van der Waals surface area contributed by atoms with E-state index in [0.717, 1.165) is 11.3 Å². The van der Waals surface area contributed by atoms with Crippen LogP contribution < -0.4 is 10.6 Å². The van der Waals surface area contributed by atoms with E-state index in [1.807, 2.05) is 6.92 Å². The highest BCUT2D eigenvalue weighted by molar-refractivity contribution is 7.18. The zero-order valence-electron chi connectivity index (χ0n) is 16.6. The molecule has 0 fully saturated rings. The number of thiophene rings is 1. The number of anilines is 1. The van der Waals surface area contributed by atoms with Crippen molar-refractivity contribution in [2.75, 3.05) is 25.1 Å². The topological polar surface area (TPSA) is 107 Å². The normalized spacial score (nSPS) is 11.6. The van der Waals surface area contributed by atoms with Gasteiger partial charge in [-0.3, -0.25) is 10.1 Å². The molecule has 0 aliphatic rings. The minimum atomic E-state index is -0.615. The maximum absolute atomic E-state index is 12.4. The number of rotatable bonds is 10. The number of hydrogen-bond acceptors (Lipinski definition) is 8. The summed E-state index contributed by atoms with van der Waals surface area (Å²) in [7, 11) is 0. The SMILES string of the molecule is C=CCOC(=O)c1sc(NC(=O)CN[C@@H](C)c2ccco2)c(C(=O)OCC)c1C. The molecule has 0 aliphatic carbocycles. The van der Waals surface area contributed by atoms with Gasteiger partial charge in [0.2, 0.25) is 5.91 Å². The third-order valence-corrected chi connectivity index (χ3v) is 5.12. The molecular formula is C20H24N2O6S. The average molecular weight is 420 g/mol. The molecule has 0 unspecified atom stereocenters. The van der Waals surface area contributed by atoms with E-state index in [-0.39, 0.29) is 47.1 Å². The van der Waals surface area contributed by atoms with E-state index in [1.165, 1.54) is 6.08 Å². The van der Waals surface area contributed by atoms with Crippen LogP contribution in [0.5, 0.6) is 0 Å². The first kappa shape index (κ1) is 22.4. The lowest BCUT2D eigenvalue weighted by molar-refractivity contribution is -0.115. The quantitative estimate of drug-likeness (QED) is 0.448. The summed E-state index contributed by atoms with van der Waals surface area (Å²) >= 11 is 0.971. The molecule has 0 aromatic carbocycles. The van der Waals surface area contributed by atoms with Crippen molar-refractivity contribution in [3.63, 3.8) is 0 Å². The first-order chi connectivity index (χ1) is 13.9. The van der Waals surface area contributed by atoms with Gasteiger partial charge >= 0.3 is 11.9 Å². The highest BCUT2D eigenvalue weighted by Gasteiger charge is 2.27. The largest absolute Gasteiger partial charge is 0.468 e. The first-order valence-electron chi connectivity index (χ1n) is 9.04. The molecule has 2 N–H and O–H groups in total. The van der Waals surface area contributed by atoms with Crippen LogP contribution in [0.4, 0.5) is 5.00 Å². The number of esters is 2. The maximum atomic E-state index is 12.4. The average Bonchev–Trinajstić information content (AvgIpc) is 3.33. The lowest BCUT2D eigenvalue weighted by Gasteiger charge is -2.11. The van der Waals surface area contributed by atoms with Crippen LogP contribution in [0, 0.1) is 6.92 Å². The van der Waals surface area contributed by atoms with Crippen LogP contribution in [-0.2, 0) is 14.3 Å². The van der Waals surface area contributed by atoms with Gasteiger partial charge < -0.3 is 19.2 Å². The third-order valence-electron chi connectivity index (χ3n) is 3.94. The molecule has 0 radical (unpaired) electrons. The molecule has 156 valence electrons. The summed E-state index contributed by atoms with van der Waals surface area (Å²) < 4.78 is 15.4. The molecule has 29 heavy (non-hydrogen) atoms. The standard InChI is InChI=1S/C20H24N2O6S/c1-5-9-28-20(25)17-12(3)16(19(24)26-6-2)18(29-17)22-15(23)11-21-13(4)14-8-7-10-27-14/h5,7-8,10,13,21H,1,6,9,11H2,2-4H3,(H,22,23)/t13-/m0/s1. The fourth-order valence-electron chi connectivity index (χ4n) is 2.50. The Hall–Kier alpha value is -2.91. The second-order valence-electron chi connectivity index (χ2n) is 6.03.